The molecule has 0 saturated carbocycles. The lowest BCUT2D eigenvalue weighted by Crippen LogP contribution is -2.27. The third kappa shape index (κ3) is 2.86. The Morgan fingerprint density at radius 3 is 2.67 bits per heavy atom. The van der Waals surface area contributed by atoms with E-state index in [1.165, 1.54) is 4.90 Å². The number of aromatic nitrogens is 4. The molecule has 1 amide bonds. The topological polar surface area (TPSA) is 83.6 Å². The van der Waals surface area contributed by atoms with Gasteiger partial charge in [-0.2, -0.15) is 5.21 Å². The summed E-state index contributed by atoms with van der Waals surface area (Å²) in [5.74, 6) is -0.298. The minimum Gasteiger partial charge on any atom is -0.343 e. The Kier molecular flexibility index (Phi) is 3.93. The number of benzene rings is 1. The molecule has 94 valence electrons. The Labute approximate surface area is 109 Å². The molecule has 1 atom stereocenters. The largest absolute Gasteiger partial charge is 0.343 e. The Morgan fingerprint density at radius 2 is 2.11 bits per heavy atom. The van der Waals surface area contributed by atoms with Gasteiger partial charge in [-0.25, -0.2) is 0 Å². The first-order chi connectivity index (χ1) is 8.70. The molecule has 1 unspecified atom stereocenters. The first kappa shape index (κ1) is 12.6. The van der Waals surface area contributed by atoms with Crippen molar-refractivity contribution < 1.29 is 4.79 Å². The number of amides is 1. The molecule has 0 aliphatic carbocycles. The lowest BCUT2D eigenvalue weighted by molar-refractivity contribution is 0.0929. The van der Waals surface area contributed by atoms with Crippen LogP contribution in [0.2, 0.25) is 0 Å². The van der Waals surface area contributed by atoms with Crippen LogP contribution in [0.25, 0.3) is 0 Å². The van der Waals surface area contributed by atoms with Crippen molar-refractivity contribution in [1.82, 2.24) is 25.9 Å². The molecular formula is C11H13N5OS. The van der Waals surface area contributed by atoms with Gasteiger partial charge in [-0.1, -0.05) is 12.1 Å². The number of carbonyl (C=O) groups is 1. The maximum Gasteiger partial charge on any atom is 0.293 e. The van der Waals surface area contributed by atoms with Crippen molar-refractivity contribution in [3.8, 4) is 0 Å². The van der Waals surface area contributed by atoms with Crippen LogP contribution in [-0.4, -0.2) is 32.8 Å². The number of hydrogen-bond acceptors (Lipinski definition) is 5. The van der Waals surface area contributed by atoms with E-state index in [0.29, 0.717) is 0 Å². The van der Waals surface area contributed by atoms with Crippen molar-refractivity contribution in [1.29, 1.82) is 0 Å². The molecule has 1 heterocycles. The van der Waals surface area contributed by atoms with E-state index in [-0.39, 0.29) is 17.8 Å². The summed E-state index contributed by atoms with van der Waals surface area (Å²) in [5.41, 5.74) is 1.03. The maximum absolute atomic E-state index is 11.7. The van der Waals surface area contributed by atoms with Gasteiger partial charge in [0.25, 0.3) is 11.7 Å². The van der Waals surface area contributed by atoms with Crippen LogP contribution < -0.4 is 5.32 Å². The van der Waals surface area contributed by atoms with Crippen molar-refractivity contribution in [2.75, 3.05) is 6.26 Å². The molecule has 0 saturated heterocycles. The van der Waals surface area contributed by atoms with Crippen LogP contribution in [0.4, 0.5) is 0 Å². The van der Waals surface area contributed by atoms with Crippen molar-refractivity contribution in [3.63, 3.8) is 0 Å². The lowest BCUT2D eigenvalue weighted by Gasteiger charge is -2.13. The van der Waals surface area contributed by atoms with E-state index in [4.69, 9.17) is 0 Å². The minimum absolute atomic E-state index is 0.0441. The van der Waals surface area contributed by atoms with Crippen LogP contribution in [0.1, 0.15) is 29.1 Å². The fourth-order valence-corrected chi connectivity index (χ4v) is 1.90. The second-order valence-electron chi connectivity index (χ2n) is 3.70. The van der Waals surface area contributed by atoms with E-state index in [1.54, 1.807) is 11.8 Å². The third-order valence-electron chi connectivity index (χ3n) is 2.51. The average Bonchev–Trinajstić information content (AvgIpc) is 2.92. The van der Waals surface area contributed by atoms with E-state index >= 15 is 0 Å². The summed E-state index contributed by atoms with van der Waals surface area (Å²) in [6, 6.07) is 7.93. The summed E-state index contributed by atoms with van der Waals surface area (Å²) in [6.45, 7) is 1.91. The van der Waals surface area contributed by atoms with Gasteiger partial charge < -0.3 is 5.32 Å². The molecule has 2 aromatic rings. The summed E-state index contributed by atoms with van der Waals surface area (Å²) in [6.07, 6.45) is 2.02. The number of nitrogens with zero attached hydrogens (tertiary/aromatic N) is 3. The molecule has 1 aromatic heterocycles. The molecule has 0 aliphatic heterocycles. The number of carbonyl (C=O) groups excluding carboxylic acids is 1. The molecular weight excluding hydrogens is 250 g/mol. The highest BCUT2D eigenvalue weighted by atomic mass is 32.2. The zero-order valence-electron chi connectivity index (χ0n) is 10.0. The van der Waals surface area contributed by atoms with Crippen LogP contribution in [0.5, 0.6) is 0 Å². The molecule has 2 N–H and O–H groups in total. The van der Waals surface area contributed by atoms with Gasteiger partial charge >= 0.3 is 0 Å². The highest BCUT2D eigenvalue weighted by molar-refractivity contribution is 7.98. The van der Waals surface area contributed by atoms with Gasteiger partial charge in [0.15, 0.2) is 0 Å². The van der Waals surface area contributed by atoms with Crippen LogP contribution in [0.15, 0.2) is 29.2 Å². The summed E-state index contributed by atoms with van der Waals surface area (Å²) < 4.78 is 0. The first-order valence-electron chi connectivity index (χ1n) is 5.39. The van der Waals surface area contributed by atoms with E-state index in [1.807, 2.05) is 37.4 Å². The number of aromatic amines is 1. The van der Waals surface area contributed by atoms with Crippen molar-refractivity contribution in [2.45, 2.75) is 17.9 Å². The molecule has 1 aromatic carbocycles. The number of H-pyrrole nitrogens is 1. The molecule has 7 heteroatoms. The van der Waals surface area contributed by atoms with Crippen LogP contribution >= 0.6 is 11.8 Å². The van der Waals surface area contributed by atoms with E-state index in [0.717, 1.165) is 5.56 Å². The fraction of sp³-hybridized carbons (Fsp3) is 0.273. The molecule has 0 fully saturated rings. The number of rotatable bonds is 4. The summed E-state index contributed by atoms with van der Waals surface area (Å²) >= 11 is 1.68. The second kappa shape index (κ2) is 5.63. The predicted octanol–water partition coefficient (Wildman–Crippen LogP) is 1.41. The Bertz CT molecular complexity index is 511. The monoisotopic (exact) mass is 263 g/mol. The summed E-state index contributed by atoms with van der Waals surface area (Å²) in [4.78, 5) is 12.9. The Morgan fingerprint density at radius 1 is 1.39 bits per heavy atom. The van der Waals surface area contributed by atoms with Crippen LogP contribution in [-0.2, 0) is 0 Å². The van der Waals surface area contributed by atoms with Crippen LogP contribution in [0, 0.1) is 0 Å². The SMILES string of the molecule is CSc1ccc(C(C)NC(=O)c2nn[nH]n2)cc1. The molecule has 18 heavy (non-hydrogen) atoms. The number of tetrazole rings is 1. The second-order valence-corrected chi connectivity index (χ2v) is 4.58. The maximum atomic E-state index is 11.7. The molecule has 0 spiro atoms. The van der Waals surface area contributed by atoms with Crippen molar-refractivity contribution in [3.05, 3.63) is 35.7 Å². The number of hydrogen-bond donors (Lipinski definition) is 2. The highest BCUT2D eigenvalue weighted by Crippen LogP contribution is 2.18. The van der Waals surface area contributed by atoms with Gasteiger partial charge in [0.05, 0.1) is 6.04 Å². The third-order valence-corrected chi connectivity index (χ3v) is 3.26. The minimum atomic E-state index is -0.342. The highest BCUT2D eigenvalue weighted by Gasteiger charge is 2.14. The Balaban J connectivity index is 2.02. The molecule has 0 radical (unpaired) electrons. The quantitative estimate of drug-likeness (QED) is 0.815. The molecule has 0 aliphatic rings. The molecule has 2 rings (SSSR count). The van der Waals surface area contributed by atoms with E-state index in [9.17, 15) is 4.79 Å². The Hall–Kier alpha value is -1.89. The van der Waals surface area contributed by atoms with Crippen molar-refractivity contribution in [2.24, 2.45) is 0 Å². The first-order valence-corrected chi connectivity index (χ1v) is 6.61. The smallest absolute Gasteiger partial charge is 0.293 e. The van der Waals surface area contributed by atoms with Crippen molar-refractivity contribution >= 4 is 17.7 Å². The van der Waals surface area contributed by atoms with E-state index in [2.05, 4.69) is 25.9 Å². The van der Waals surface area contributed by atoms with Gasteiger partial charge in [-0.3, -0.25) is 4.79 Å². The normalized spacial score (nSPS) is 12.1. The standard InChI is InChI=1S/C11H13N5OS/c1-7(8-3-5-9(18-2)6-4-8)12-11(17)10-13-15-16-14-10/h3-7H,1-2H3,(H,12,17)(H,13,14,15,16). The zero-order chi connectivity index (χ0) is 13.0. The number of thioether (sulfide) groups is 1. The van der Waals surface area contributed by atoms with Gasteiger partial charge in [0, 0.05) is 4.90 Å². The summed E-state index contributed by atoms with van der Waals surface area (Å²) in [5, 5.41) is 15.7. The van der Waals surface area contributed by atoms with Crippen LogP contribution in [0.3, 0.4) is 0 Å². The van der Waals surface area contributed by atoms with Gasteiger partial charge in [-0.05, 0) is 36.1 Å². The number of nitrogens with one attached hydrogen (secondary N) is 2. The lowest BCUT2D eigenvalue weighted by atomic mass is 10.1. The molecule has 0 bridgehead atoms. The van der Waals surface area contributed by atoms with Gasteiger partial charge in [-0.15, -0.1) is 22.0 Å². The van der Waals surface area contributed by atoms with E-state index < -0.39 is 0 Å². The molecule has 6 nitrogen and oxygen atoms in total. The average molecular weight is 263 g/mol. The zero-order valence-corrected chi connectivity index (χ0v) is 10.9. The summed E-state index contributed by atoms with van der Waals surface area (Å²) in [7, 11) is 0. The predicted molar refractivity (Wildman–Crippen MR) is 68.3 cm³/mol. The fourth-order valence-electron chi connectivity index (χ4n) is 1.50. The van der Waals surface area contributed by atoms with Gasteiger partial charge in [0.2, 0.25) is 0 Å². The van der Waals surface area contributed by atoms with Gasteiger partial charge in [0.1, 0.15) is 0 Å².